The number of aromatic nitrogens is 3. The number of rotatable bonds is 7. The number of hydrogen-bond acceptors (Lipinski definition) is 6. The largest absolute Gasteiger partial charge is 0.352 e. The predicted octanol–water partition coefficient (Wildman–Crippen LogP) is 2.06. The molecule has 1 fully saturated rings. The van der Waals surface area contributed by atoms with E-state index in [0.29, 0.717) is 11.6 Å². The highest BCUT2D eigenvalue weighted by Crippen LogP contribution is 2.25. The van der Waals surface area contributed by atoms with E-state index in [1.54, 1.807) is 0 Å². The van der Waals surface area contributed by atoms with E-state index in [4.69, 9.17) is 0 Å². The van der Waals surface area contributed by atoms with E-state index < -0.39 is 9.84 Å². The zero-order valence-electron chi connectivity index (χ0n) is 15.5. The van der Waals surface area contributed by atoms with Crippen LogP contribution in [0.25, 0.3) is 11.4 Å². The standard InChI is InChI=1S/C18H24N4O3S2/c1-3-8-22-17(14-6-4-5-13(2)10-14)20-21-18(22)26-11-16(23)19-15-7-9-27(24,25)12-15/h4-6,10,15H,3,7-9,11-12H2,1-2H3,(H,19,23)/t15-/m1/s1. The van der Waals surface area contributed by atoms with Gasteiger partial charge in [-0.15, -0.1) is 10.2 Å². The summed E-state index contributed by atoms with van der Waals surface area (Å²) in [5.74, 6) is 0.991. The number of carbonyl (C=O) groups excluding carboxylic acids is 1. The summed E-state index contributed by atoms with van der Waals surface area (Å²) in [6, 6.07) is 7.82. The summed E-state index contributed by atoms with van der Waals surface area (Å²) in [5.41, 5.74) is 2.15. The zero-order chi connectivity index (χ0) is 19.4. The Hall–Kier alpha value is -1.87. The smallest absolute Gasteiger partial charge is 0.230 e. The number of sulfone groups is 1. The number of nitrogens with zero attached hydrogens (tertiary/aromatic N) is 3. The molecule has 0 bridgehead atoms. The van der Waals surface area contributed by atoms with Crippen molar-refractivity contribution in [3.63, 3.8) is 0 Å². The molecule has 146 valence electrons. The number of hydrogen-bond donors (Lipinski definition) is 1. The first-order valence-electron chi connectivity index (χ1n) is 9.01. The Morgan fingerprint density at radius 3 is 2.85 bits per heavy atom. The molecule has 9 heteroatoms. The minimum Gasteiger partial charge on any atom is -0.352 e. The first-order chi connectivity index (χ1) is 12.9. The topological polar surface area (TPSA) is 94.0 Å². The molecular weight excluding hydrogens is 384 g/mol. The summed E-state index contributed by atoms with van der Waals surface area (Å²) >= 11 is 1.33. The van der Waals surface area contributed by atoms with E-state index in [-0.39, 0.29) is 29.2 Å². The highest BCUT2D eigenvalue weighted by Gasteiger charge is 2.29. The minimum atomic E-state index is -3.00. The quantitative estimate of drug-likeness (QED) is 0.705. The van der Waals surface area contributed by atoms with Gasteiger partial charge in [-0.25, -0.2) is 8.42 Å². The van der Waals surface area contributed by atoms with Crippen LogP contribution in [0.5, 0.6) is 0 Å². The lowest BCUT2D eigenvalue weighted by Crippen LogP contribution is -2.36. The van der Waals surface area contributed by atoms with Gasteiger partial charge in [0.1, 0.15) is 0 Å². The van der Waals surface area contributed by atoms with E-state index in [1.165, 1.54) is 11.8 Å². The molecule has 3 rings (SSSR count). The van der Waals surface area contributed by atoms with E-state index in [0.717, 1.165) is 29.9 Å². The van der Waals surface area contributed by atoms with E-state index in [2.05, 4.69) is 28.5 Å². The van der Waals surface area contributed by atoms with Crippen molar-refractivity contribution in [2.45, 2.75) is 44.4 Å². The molecule has 7 nitrogen and oxygen atoms in total. The van der Waals surface area contributed by atoms with Crippen molar-refractivity contribution in [3.05, 3.63) is 29.8 Å². The van der Waals surface area contributed by atoms with Gasteiger partial charge in [-0.2, -0.15) is 0 Å². The SMILES string of the molecule is CCCn1c(SCC(=O)N[C@@H]2CCS(=O)(=O)C2)nnc1-c1cccc(C)c1. The second-order valence-corrected chi connectivity index (χ2v) is 9.95. The Balaban J connectivity index is 1.67. The summed E-state index contributed by atoms with van der Waals surface area (Å²) < 4.78 is 25.0. The molecule has 2 aromatic rings. The number of nitrogens with one attached hydrogen (secondary N) is 1. The van der Waals surface area contributed by atoms with Crippen LogP contribution < -0.4 is 5.32 Å². The Labute approximate surface area is 163 Å². The van der Waals surface area contributed by atoms with Crippen LogP contribution in [-0.4, -0.2) is 52.4 Å². The van der Waals surface area contributed by atoms with Gasteiger partial charge in [0, 0.05) is 18.2 Å². The Morgan fingerprint density at radius 1 is 1.37 bits per heavy atom. The summed E-state index contributed by atoms with van der Waals surface area (Å²) in [6.45, 7) is 4.88. The zero-order valence-corrected chi connectivity index (χ0v) is 17.1. The van der Waals surface area contributed by atoms with Crippen LogP contribution in [0.4, 0.5) is 0 Å². The molecule has 1 aromatic heterocycles. The molecule has 1 aliphatic rings. The lowest BCUT2D eigenvalue weighted by molar-refractivity contribution is -0.119. The second-order valence-electron chi connectivity index (χ2n) is 6.78. The lowest BCUT2D eigenvalue weighted by atomic mass is 10.1. The number of carbonyl (C=O) groups is 1. The van der Waals surface area contributed by atoms with Crippen molar-refractivity contribution in [1.29, 1.82) is 0 Å². The van der Waals surface area contributed by atoms with Gasteiger partial charge in [-0.05, 0) is 25.8 Å². The van der Waals surface area contributed by atoms with Crippen LogP contribution in [0.2, 0.25) is 0 Å². The molecule has 2 heterocycles. The molecule has 1 N–H and O–H groups in total. The van der Waals surface area contributed by atoms with Crippen LogP contribution >= 0.6 is 11.8 Å². The maximum atomic E-state index is 12.2. The average molecular weight is 409 g/mol. The van der Waals surface area contributed by atoms with Crippen molar-refractivity contribution in [2.24, 2.45) is 0 Å². The fourth-order valence-corrected chi connectivity index (χ4v) is 5.58. The summed E-state index contributed by atoms with van der Waals surface area (Å²) in [7, 11) is -3.00. The molecule has 1 aromatic carbocycles. The van der Waals surface area contributed by atoms with Gasteiger partial charge < -0.3 is 9.88 Å². The van der Waals surface area contributed by atoms with Crippen LogP contribution in [0.1, 0.15) is 25.3 Å². The maximum Gasteiger partial charge on any atom is 0.230 e. The van der Waals surface area contributed by atoms with E-state index >= 15 is 0 Å². The number of aryl methyl sites for hydroxylation is 1. The molecular formula is C18H24N4O3S2. The Bertz CT molecular complexity index is 924. The van der Waals surface area contributed by atoms with Crippen LogP contribution in [-0.2, 0) is 21.2 Å². The molecule has 27 heavy (non-hydrogen) atoms. The summed E-state index contributed by atoms with van der Waals surface area (Å²) in [4.78, 5) is 12.2. The van der Waals surface area contributed by atoms with Gasteiger partial charge in [0.15, 0.2) is 20.8 Å². The molecule has 0 aliphatic carbocycles. The van der Waals surface area contributed by atoms with E-state index in [9.17, 15) is 13.2 Å². The van der Waals surface area contributed by atoms with Crippen molar-refractivity contribution >= 4 is 27.5 Å². The molecule has 0 unspecified atom stereocenters. The van der Waals surface area contributed by atoms with Gasteiger partial charge in [-0.3, -0.25) is 4.79 Å². The number of thioether (sulfide) groups is 1. The lowest BCUT2D eigenvalue weighted by Gasteiger charge is -2.11. The molecule has 1 atom stereocenters. The third-order valence-electron chi connectivity index (χ3n) is 4.37. The first-order valence-corrected chi connectivity index (χ1v) is 11.8. The fraction of sp³-hybridized carbons (Fsp3) is 0.500. The number of amides is 1. The molecule has 0 saturated carbocycles. The molecule has 0 spiro atoms. The third-order valence-corrected chi connectivity index (χ3v) is 7.10. The van der Waals surface area contributed by atoms with Gasteiger partial charge in [0.05, 0.1) is 17.3 Å². The monoisotopic (exact) mass is 408 g/mol. The van der Waals surface area contributed by atoms with Gasteiger partial charge in [0.2, 0.25) is 5.91 Å². The Kier molecular flexibility index (Phi) is 6.21. The predicted molar refractivity (Wildman–Crippen MR) is 106 cm³/mol. The highest BCUT2D eigenvalue weighted by molar-refractivity contribution is 7.99. The van der Waals surface area contributed by atoms with Crippen LogP contribution in [0.3, 0.4) is 0 Å². The van der Waals surface area contributed by atoms with Crippen molar-refractivity contribution in [2.75, 3.05) is 17.3 Å². The van der Waals surface area contributed by atoms with Crippen LogP contribution in [0, 0.1) is 6.92 Å². The minimum absolute atomic E-state index is 0.0347. The van der Waals surface area contributed by atoms with Gasteiger partial charge >= 0.3 is 0 Å². The fourth-order valence-electron chi connectivity index (χ4n) is 3.13. The summed E-state index contributed by atoms with van der Waals surface area (Å²) in [6.07, 6.45) is 1.42. The second kappa shape index (κ2) is 8.43. The maximum absolute atomic E-state index is 12.2. The van der Waals surface area contributed by atoms with Crippen molar-refractivity contribution < 1.29 is 13.2 Å². The van der Waals surface area contributed by atoms with Gasteiger partial charge in [0.25, 0.3) is 0 Å². The third kappa shape index (κ3) is 5.10. The van der Waals surface area contributed by atoms with Gasteiger partial charge in [-0.1, -0.05) is 42.4 Å². The first kappa shape index (κ1) is 19.9. The Morgan fingerprint density at radius 2 is 2.19 bits per heavy atom. The molecule has 1 aliphatic heterocycles. The molecule has 1 saturated heterocycles. The van der Waals surface area contributed by atoms with Crippen LogP contribution in [0.15, 0.2) is 29.4 Å². The van der Waals surface area contributed by atoms with Crippen molar-refractivity contribution in [3.8, 4) is 11.4 Å². The molecule has 0 radical (unpaired) electrons. The highest BCUT2D eigenvalue weighted by atomic mass is 32.2. The summed E-state index contributed by atoms with van der Waals surface area (Å²) in [5, 5.41) is 12.1. The van der Waals surface area contributed by atoms with Crippen molar-refractivity contribution in [1.82, 2.24) is 20.1 Å². The van der Waals surface area contributed by atoms with E-state index in [1.807, 2.05) is 29.7 Å². The average Bonchev–Trinajstić information content (AvgIpc) is 3.16. The molecule has 1 amide bonds. The number of benzene rings is 1. The normalized spacial score (nSPS) is 18.5.